The standard InChI is InChI=1S/C41H60FN5O9/c1-26(2)23-31(34(48)44-30(37(51)54-9)17-13-14-22-43-38(52)55-40(3,4)5)45-35(49)32(24-27-15-11-10-12-16-27)46-36(50)33(47-39(53)56-41(6,7)8)25-28-18-20-29(42)21-19-28/h10-12,15-16,18-21,26,30-33H,13-14,17,22-25H2,1-9H3,(H,43,52)(H,44,48)(H,45,49)(H,46,50)(H,47,53)/t30-,31-,32-,33-/m1/s1. The monoisotopic (exact) mass is 785 g/mol. The minimum atomic E-state index is -1.23. The van der Waals surface area contributed by atoms with E-state index < -0.39 is 77.1 Å². The van der Waals surface area contributed by atoms with Crippen LogP contribution in [0.5, 0.6) is 0 Å². The minimum Gasteiger partial charge on any atom is -0.467 e. The van der Waals surface area contributed by atoms with Crippen molar-refractivity contribution in [1.82, 2.24) is 26.6 Å². The summed E-state index contributed by atoms with van der Waals surface area (Å²) in [6.45, 7) is 14.3. The summed E-state index contributed by atoms with van der Waals surface area (Å²) in [5, 5.41) is 13.5. The highest BCUT2D eigenvalue weighted by Gasteiger charge is 2.33. The second-order valence-electron chi connectivity index (χ2n) is 16.0. The lowest BCUT2D eigenvalue weighted by Gasteiger charge is -2.27. The maximum absolute atomic E-state index is 14.1. The van der Waals surface area contributed by atoms with E-state index in [1.54, 1.807) is 71.9 Å². The van der Waals surface area contributed by atoms with E-state index in [1.807, 2.05) is 13.8 Å². The van der Waals surface area contributed by atoms with Crippen molar-refractivity contribution in [1.29, 1.82) is 0 Å². The zero-order chi connectivity index (χ0) is 42.1. The minimum absolute atomic E-state index is 0.0340. The molecule has 0 unspecified atom stereocenters. The fourth-order valence-electron chi connectivity index (χ4n) is 5.46. The first-order chi connectivity index (χ1) is 26.1. The molecular weight excluding hydrogens is 725 g/mol. The molecular formula is C41H60FN5O9. The first-order valence-corrected chi connectivity index (χ1v) is 18.9. The molecule has 56 heavy (non-hydrogen) atoms. The highest BCUT2D eigenvalue weighted by Crippen LogP contribution is 2.13. The summed E-state index contributed by atoms with van der Waals surface area (Å²) in [7, 11) is 1.21. The molecule has 2 aromatic carbocycles. The molecule has 0 heterocycles. The van der Waals surface area contributed by atoms with Gasteiger partial charge in [-0.15, -0.1) is 0 Å². The molecule has 0 aliphatic carbocycles. The van der Waals surface area contributed by atoms with E-state index in [9.17, 15) is 33.2 Å². The van der Waals surface area contributed by atoms with E-state index in [1.165, 1.54) is 31.4 Å². The number of alkyl carbamates (subject to hydrolysis) is 2. The maximum Gasteiger partial charge on any atom is 0.408 e. The summed E-state index contributed by atoms with van der Waals surface area (Å²) in [5.41, 5.74) is -0.264. The van der Waals surface area contributed by atoms with Crippen LogP contribution in [0.4, 0.5) is 14.0 Å². The van der Waals surface area contributed by atoms with Crippen molar-refractivity contribution < 1.29 is 47.4 Å². The van der Waals surface area contributed by atoms with Gasteiger partial charge in [0, 0.05) is 19.4 Å². The molecule has 0 saturated heterocycles. The first-order valence-electron chi connectivity index (χ1n) is 18.9. The van der Waals surface area contributed by atoms with Crippen molar-refractivity contribution in [2.45, 2.75) is 129 Å². The molecule has 0 aliphatic heterocycles. The number of rotatable bonds is 19. The lowest BCUT2D eigenvalue weighted by Crippen LogP contribution is -2.59. The Morgan fingerprint density at radius 2 is 1.11 bits per heavy atom. The Hall–Kier alpha value is -5.21. The van der Waals surface area contributed by atoms with E-state index in [2.05, 4.69) is 26.6 Å². The SMILES string of the molecule is COC(=O)[C@@H](CCCCNC(=O)OC(C)(C)C)NC(=O)[C@@H](CC(C)C)NC(=O)[C@@H](Cc1ccccc1)NC(=O)[C@@H](Cc1ccc(F)cc1)NC(=O)OC(C)(C)C. The summed E-state index contributed by atoms with van der Waals surface area (Å²) in [5.74, 6) is -3.23. The van der Waals surface area contributed by atoms with E-state index in [4.69, 9.17) is 14.2 Å². The van der Waals surface area contributed by atoms with Crippen LogP contribution in [0.1, 0.15) is 92.2 Å². The molecule has 15 heteroatoms. The van der Waals surface area contributed by atoms with Crippen LogP contribution >= 0.6 is 0 Å². The molecule has 0 bridgehead atoms. The quantitative estimate of drug-likeness (QED) is 0.0752. The Bertz CT molecular complexity index is 1590. The number of methoxy groups -OCH3 is 1. The van der Waals surface area contributed by atoms with Crippen LogP contribution in [-0.2, 0) is 46.2 Å². The van der Waals surface area contributed by atoms with E-state index >= 15 is 0 Å². The smallest absolute Gasteiger partial charge is 0.408 e. The molecule has 0 fully saturated rings. The van der Waals surface area contributed by atoms with Crippen LogP contribution in [0.2, 0.25) is 0 Å². The zero-order valence-corrected chi connectivity index (χ0v) is 34.1. The number of carbonyl (C=O) groups is 6. The number of nitrogens with one attached hydrogen (secondary N) is 5. The molecule has 0 spiro atoms. The fourth-order valence-corrected chi connectivity index (χ4v) is 5.46. The Balaban J connectivity index is 2.28. The average Bonchev–Trinajstić information content (AvgIpc) is 3.09. The van der Waals surface area contributed by atoms with Crippen molar-refractivity contribution in [3.8, 4) is 0 Å². The molecule has 0 aromatic heterocycles. The molecule has 5 amide bonds. The van der Waals surface area contributed by atoms with Crippen molar-refractivity contribution in [2.75, 3.05) is 13.7 Å². The Morgan fingerprint density at radius 3 is 1.64 bits per heavy atom. The summed E-state index contributed by atoms with van der Waals surface area (Å²) in [6.07, 6.45) is -0.112. The number of esters is 1. The van der Waals surface area contributed by atoms with Gasteiger partial charge in [-0.2, -0.15) is 0 Å². The summed E-state index contributed by atoms with van der Waals surface area (Å²) >= 11 is 0. The van der Waals surface area contributed by atoms with Crippen LogP contribution in [-0.4, -0.2) is 84.9 Å². The molecule has 2 aromatic rings. The molecule has 0 radical (unpaired) electrons. The van der Waals surface area contributed by atoms with Gasteiger partial charge in [0.15, 0.2) is 0 Å². The van der Waals surface area contributed by atoms with Crippen LogP contribution in [0.25, 0.3) is 0 Å². The second kappa shape index (κ2) is 22.4. The van der Waals surface area contributed by atoms with Crippen LogP contribution < -0.4 is 26.6 Å². The number of amides is 5. The Morgan fingerprint density at radius 1 is 0.625 bits per heavy atom. The fraction of sp³-hybridized carbons (Fsp3) is 0.561. The predicted octanol–water partition coefficient (Wildman–Crippen LogP) is 4.87. The molecule has 2 rings (SSSR count). The number of hydrogen-bond donors (Lipinski definition) is 5. The normalized spacial score (nSPS) is 13.6. The molecule has 0 saturated carbocycles. The van der Waals surface area contributed by atoms with E-state index in [0.717, 1.165) is 0 Å². The third-order valence-corrected chi connectivity index (χ3v) is 8.01. The Labute approximate surface area is 329 Å². The van der Waals surface area contributed by atoms with E-state index in [0.29, 0.717) is 24.0 Å². The molecule has 5 N–H and O–H groups in total. The number of halogens is 1. The van der Waals surface area contributed by atoms with Gasteiger partial charge in [0.05, 0.1) is 7.11 Å². The number of ether oxygens (including phenoxy) is 3. The maximum atomic E-state index is 14.1. The highest BCUT2D eigenvalue weighted by atomic mass is 19.1. The van der Waals surface area contributed by atoms with Crippen LogP contribution in [0, 0.1) is 11.7 Å². The van der Waals surface area contributed by atoms with Crippen LogP contribution in [0.3, 0.4) is 0 Å². The van der Waals surface area contributed by atoms with Gasteiger partial charge in [0.25, 0.3) is 0 Å². The van der Waals surface area contributed by atoms with Crippen molar-refractivity contribution >= 4 is 35.9 Å². The van der Waals surface area contributed by atoms with Gasteiger partial charge in [0.1, 0.15) is 41.2 Å². The third-order valence-electron chi connectivity index (χ3n) is 8.01. The second-order valence-corrected chi connectivity index (χ2v) is 16.0. The number of hydrogen-bond acceptors (Lipinski definition) is 9. The van der Waals surface area contributed by atoms with Crippen molar-refractivity contribution in [2.24, 2.45) is 5.92 Å². The molecule has 4 atom stereocenters. The van der Waals surface area contributed by atoms with Gasteiger partial charge in [0.2, 0.25) is 17.7 Å². The number of benzene rings is 2. The molecule has 0 aliphatic rings. The lowest BCUT2D eigenvalue weighted by atomic mass is 9.99. The Kier molecular flexibility index (Phi) is 18.8. The first kappa shape index (κ1) is 46.9. The van der Waals surface area contributed by atoms with Crippen molar-refractivity contribution in [3.63, 3.8) is 0 Å². The van der Waals surface area contributed by atoms with Gasteiger partial charge in [-0.05, 0) is 96.4 Å². The van der Waals surface area contributed by atoms with Gasteiger partial charge < -0.3 is 40.8 Å². The van der Waals surface area contributed by atoms with E-state index in [-0.39, 0.29) is 38.1 Å². The summed E-state index contributed by atoms with van der Waals surface area (Å²) in [6, 6.07) is 9.79. The third kappa shape index (κ3) is 18.9. The van der Waals surface area contributed by atoms with Gasteiger partial charge >= 0.3 is 18.2 Å². The van der Waals surface area contributed by atoms with Crippen LogP contribution in [0.15, 0.2) is 54.6 Å². The molecule has 310 valence electrons. The average molecular weight is 786 g/mol. The largest absolute Gasteiger partial charge is 0.467 e. The van der Waals surface area contributed by atoms with Gasteiger partial charge in [-0.1, -0.05) is 56.3 Å². The highest BCUT2D eigenvalue weighted by molar-refractivity contribution is 5.95. The number of carbonyl (C=O) groups excluding carboxylic acids is 6. The molecule has 14 nitrogen and oxygen atoms in total. The van der Waals surface area contributed by atoms with Gasteiger partial charge in [-0.25, -0.2) is 18.8 Å². The summed E-state index contributed by atoms with van der Waals surface area (Å²) in [4.78, 5) is 79.3. The number of unbranched alkanes of at least 4 members (excludes halogenated alkanes) is 1. The topological polar surface area (TPSA) is 190 Å². The lowest BCUT2D eigenvalue weighted by molar-refractivity contribution is -0.145. The predicted molar refractivity (Wildman–Crippen MR) is 209 cm³/mol. The summed E-state index contributed by atoms with van der Waals surface area (Å²) < 4.78 is 29.2. The van der Waals surface area contributed by atoms with Crippen molar-refractivity contribution in [3.05, 3.63) is 71.5 Å². The zero-order valence-electron chi connectivity index (χ0n) is 34.1. The van der Waals surface area contributed by atoms with Gasteiger partial charge in [-0.3, -0.25) is 14.4 Å².